The van der Waals surface area contributed by atoms with E-state index in [9.17, 15) is 9.90 Å². The van der Waals surface area contributed by atoms with Crippen molar-refractivity contribution in [2.45, 2.75) is 18.8 Å². The molecule has 1 aliphatic heterocycles. The predicted molar refractivity (Wildman–Crippen MR) is 53.1 cm³/mol. The Morgan fingerprint density at radius 1 is 1.43 bits per heavy atom. The van der Waals surface area contributed by atoms with Crippen LogP contribution in [0.25, 0.3) is 0 Å². The number of amides is 1. The number of phenolic OH excluding ortho intramolecular Hbond substituents is 1. The molecule has 0 aromatic heterocycles. The van der Waals surface area contributed by atoms with Crippen LogP contribution in [-0.2, 0) is 4.79 Å². The molecule has 1 fully saturated rings. The van der Waals surface area contributed by atoms with Gasteiger partial charge in [-0.1, -0.05) is 12.1 Å². The maximum atomic E-state index is 11.5. The number of nitrogens with one attached hydrogen (secondary N) is 1. The Morgan fingerprint density at radius 2 is 2.29 bits per heavy atom. The lowest BCUT2D eigenvalue weighted by atomic mass is 9.91. The summed E-state index contributed by atoms with van der Waals surface area (Å²) in [5.74, 6) is 0.207. The van der Waals surface area contributed by atoms with Crippen molar-refractivity contribution in [2.24, 2.45) is 0 Å². The lowest BCUT2D eigenvalue weighted by Crippen LogP contribution is -2.34. The molecule has 3 heteroatoms. The number of hydrogen-bond donors (Lipinski definition) is 2. The zero-order valence-corrected chi connectivity index (χ0v) is 7.86. The van der Waals surface area contributed by atoms with Gasteiger partial charge < -0.3 is 10.4 Å². The third kappa shape index (κ3) is 1.71. The Kier molecular flexibility index (Phi) is 2.39. The summed E-state index contributed by atoms with van der Waals surface area (Å²) >= 11 is 0. The summed E-state index contributed by atoms with van der Waals surface area (Å²) in [7, 11) is 0. The van der Waals surface area contributed by atoms with Crippen molar-refractivity contribution in [3.8, 4) is 5.75 Å². The zero-order valence-electron chi connectivity index (χ0n) is 7.86. The van der Waals surface area contributed by atoms with Gasteiger partial charge in [0.15, 0.2) is 0 Å². The topological polar surface area (TPSA) is 49.3 Å². The van der Waals surface area contributed by atoms with Gasteiger partial charge in [0.25, 0.3) is 0 Å². The van der Waals surface area contributed by atoms with E-state index in [0.717, 1.165) is 24.9 Å². The largest absolute Gasteiger partial charge is 0.508 e. The highest BCUT2D eigenvalue weighted by atomic mass is 16.3. The van der Waals surface area contributed by atoms with Gasteiger partial charge in [-0.15, -0.1) is 0 Å². The van der Waals surface area contributed by atoms with Crippen molar-refractivity contribution >= 4 is 5.91 Å². The molecule has 0 aliphatic carbocycles. The Balaban J connectivity index is 2.24. The van der Waals surface area contributed by atoms with Gasteiger partial charge in [-0.25, -0.2) is 0 Å². The molecule has 1 atom stereocenters. The van der Waals surface area contributed by atoms with Gasteiger partial charge >= 0.3 is 0 Å². The average molecular weight is 191 g/mol. The van der Waals surface area contributed by atoms with E-state index in [1.807, 2.05) is 6.07 Å². The molecule has 1 aromatic rings. The number of benzene rings is 1. The summed E-state index contributed by atoms with van der Waals surface area (Å²) in [6, 6.07) is 6.93. The Bertz CT molecular complexity index is 349. The summed E-state index contributed by atoms with van der Waals surface area (Å²) < 4.78 is 0. The van der Waals surface area contributed by atoms with Gasteiger partial charge in [0.2, 0.25) is 5.91 Å². The molecular weight excluding hydrogens is 178 g/mol. The molecular formula is C11H13NO2. The lowest BCUT2D eigenvalue weighted by molar-refractivity contribution is -0.123. The van der Waals surface area contributed by atoms with Crippen LogP contribution >= 0.6 is 0 Å². The van der Waals surface area contributed by atoms with Crippen molar-refractivity contribution in [3.63, 3.8) is 0 Å². The van der Waals surface area contributed by atoms with Crippen molar-refractivity contribution in [2.75, 3.05) is 6.54 Å². The van der Waals surface area contributed by atoms with Crippen LogP contribution in [0, 0.1) is 0 Å². The maximum Gasteiger partial charge on any atom is 0.227 e. The van der Waals surface area contributed by atoms with Crippen molar-refractivity contribution in [1.29, 1.82) is 0 Å². The molecule has 1 aliphatic rings. The third-order valence-electron chi connectivity index (χ3n) is 2.56. The van der Waals surface area contributed by atoms with Crippen LogP contribution < -0.4 is 5.32 Å². The van der Waals surface area contributed by atoms with Gasteiger partial charge in [0, 0.05) is 6.54 Å². The summed E-state index contributed by atoms with van der Waals surface area (Å²) in [6.07, 6.45) is 1.88. The standard InChI is InChI=1S/C11H13NO2/c13-9-4-1-3-8(7-9)10-5-2-6-12-11(10)14/h1,3-4,7,10,13H,2,5-6H2,(H,12,14). The number of piperidine rings is 1. The maximum absolute atomic E-state index is 11.5. The minimum Gasteiger partial charge on any atom is -0.508 e. The Labute approximate surface area is 82.8 Å². The first-order valence-corrected chi connectivity index (χ1v) is 4.84. The van der Waals surface area contributed by atoms with E-state index in [-0.39, 0.29) is 17.6 Å². The summed E-state index contributed by atoms with van der Waals surface area (Å²) in [4.78, 5) is 11.5. The van der Waals surface area contributed by atoms with E-state index >= 15 is 0 Å². The fourth-order valence-corrected chi connectivity index (χ4v) is 1.83. The van der Waals surface area contributed by atoms with E-state index < -0.39 is 0 Å². The monoisotopic (exact) mass is 191 g/mol. The molecule has 74 valence electrons. The number of rotatable bonds is 1. The highest BCUT2D eigenvalue weighted by Crippen LogP contribution is 2.26. The van der Waals surface area contributed by atoms with Crippen molar-refractivity contribution < 1.29 is 9.90 Å². The molecule has 0 saturated carbocycles. The van der Waals surface area contributed by atoms with Crippen LogP contribution in [0.3, 0.4) is 0 Å². The van der Waals surface area contributed by atoms with Gasteiger partial charge in [-0.3, -0.25) is 4.79 Å². The Morgan fingerprint density at radius 3 is 3.00 bits per heavy atom. The highest BCUT2D eigenvalue weighted by molar-refractivity contribution is 5.84. The average Bonchev–Trinajstić information content (AvgIpc) is 2.18. The van der Waals surface area contributed by atoms with E-state index in [0.29, 0.717) is 0 Å². The molecule has 1 saturated heterocycles. The number of carbonyl (C=O) groups is 1. The summed E-state index contributed by atoms with van der Waals surface area (Å²) in [6.45, 7) is 0.772. The third-order valence-corrected chi connectivity index (χ3v) is 2.56. The van der Waals surface area contributed by atoms with Crippen LogP contribution in [-0.4, -0.2) is 17.6 Å². The molecule has 1 amide bonds. The fourth-order valence-electron chi connectivity index (χ4n) is 1.83. The zero-order chi connectivity index (χ0) is 9.97. The smallest absolute Gasteiger partial charge is 0.227 e. The van der Waals surface area contributed by atoms with Crippen LogP contribution in [0.4, 0.5) is 0 Å². The number of carbonyl (C=O) groups excluding carboxylic acids is 1. The molecule has 1 heterocycles. The highest BCUT2D eigenvalue weighted by Gasteiger charge is 2.23. The Hall–Kier alpha value is -1.51. The molecule has 0 bridgehead atoms. The molecule has 0 radical (unpaired) electrons. The number of hydrogen-bond acceptors (Lipinski definition) is 2. The second kappa shape index (κ2) is 3.70. The first-order valence-electron chi connectivity index (χ1n) is 4.84. The SMILES string of the molecule is O=C1NCCCC1c1cccc(O)c1. The van der Waals surface area contributed by atoms with E-state index in [1.54, 1.807) is 18.2 Å². The molecule has 2 N–H and O–H groups in total. The van der Waals surface area contributed by atoms with Gasteiger partial charge in [-0.2, -0.15) is 0 Å². The normalized spacial score (nSPS) is 21.7. The van der Waals surface area contributed by atoms with E-state index in [1.165, 1.54) is 0 Å². The molecule has 0 spiro atoms. The fraction of sp³-hybridized carbons (Fsp3) is 0.364. The molecule has 2 rings (SSSR count). The number of phenols is 1. The predicted octanol–water partition coefficient (Wildman–Crippen LogP) is 1.39. The van der Waals surface area contributed by atoms with Crippen molar-refractivity contribution in [3.05, 3.63) is 29.8 Å². The first-order chi connectivity index (χ1) is 6.77. The molecule has 1 unspecified atom stereocenters. The van der Waals surface area contributed by atoms with Crippen LogP contribution in [0.5, 0.6) is 5.75 Å². The minimum atomic E-state index is -0.0872. The van der Waals surface area contributed by atoms with Gasteiger partial charge in [0.05, 0.1) is 5.92 Å². The number of aromatic hydroxyl groups is 1. The van der Waals surface area contributed by atoms with E-state index in [2.05, 4.69) is 5.32 Å². The second-order valence-corrected chi connectivity index (χ2v) is 3.58. The quantitative estimate of drug-likeness (QED) is 0.704. The van der Waals surface area contributed by atoms with Gasteiger partial charge in [0.1, 0.15) is 5.75 Å². The van der Waals surface area contributed by atoms with E-state index in [4.69, 9.17) is 0 Å². The second-order valence-electron chi connectivity index (χ2n) is 3.58. The first kappa shape index (κ1) is 9.06. The van der Waals surface area contributed by atoms with Crippen LogP contribution in [0.2, 0.25) is 0 Å². The molecule has 3 nitrogen and oxygen atoms in total. The molecule has 14 heavy (non-hydrogen) atoms. The molecule has 1 aromatic carbocycles. The van der Waals surface area contributed by atoms with Crippen molar-refractivity contribution in [1.82, 2.24) is 5.32 Å². The van der Waals surface area contributed by atoms with Crippen LogP contribution in [0.15, 0.2) is 24.3 Å². The summed E-state index contributed by atoms with van der Waals surface area (Å²) in [5.41, 5.74) is 0.905. The minimum absolute atomic E-state index is 0.0712. The van der Waals surface area contributed by atoms with Crippen LogP contribution in [0.1, 0.15) is 24.3 Å². The lowest BCUT2D eigenvalue weighted by Gasteiger charge is -2.22. The summed E-state index contributed by atoms with van der Waals surface area (Å²) in [5, 5.41) is 12.1. The van der Waals surface area contributed by atoms with Gasteiger partial charge in [-0.05, 0) is 30.5 Å².